The number of aromatic amines is 1. The second-order valence-corrected chi connectivity index (χ2v) is 4.03. The lowest BCUT2D eigenvalue weighted by atomic mass is 10.1. The Morgan fingerprint density at radius 2 is 2.24 bits per heavy atom. The van der Waals surface area contributed by atoms with Crippen molar-refractivity contribution in [2.45, 2.75) is 19.8 Å². The number of aryl methyl sites for hydroxylation is 2. The van der Waals surface area contributed by atoms with Gasteiger partial charge in [-0.15, -0.1) is 0 Å². The molecule has 0 aromatic carbocycles. The number of H-pyrrole nitrogens is 1. The number of anilines is 2. The zero-order chi connectivity index (χ0) is 12.1. The predicted octanol–water partition coefficient (Wildman–Crippen LogP) is 1.74. The van der Waals surface area contributed by atoms with Crippen LogP contribution < -0.4 is 11.1 Å². The van der Waals surface area contributed by atoms with Crippen LogP contribution in [0.25, 0.3) is 0 Å². The van der Waals surface area contributed by atoms with Gasteiger partial charge in [0, 0.05) is 12.2 Å². The number of nitrogens with zero attached hydrogens (tertiary/aromatic N) is 2. The van der Waals surface area contributed by atoms with Crippen LogP contribution in [0, 0.1) is 6.92 Å². The van der Waals surface area contributed by atoms with Gasteiger partial charge in [0.2, 0.25) is 0 Å². The minimum atomic E-state index is 0.685. The first-order valence-corrected chi connectivity index (χ1v) is 5.70. The fourth-order valence-electron chi connectivity index (χ4n) is 1.63. The molecule has 0 bridgehead atoms. The summed E-state index contributed by atoms with van der Waals surface area (Å²) in [5, 5.41) is 10.2. The number of aromatic nitrogens is 3. The molecule has 2 rings (SSSR count). The number of pyridine rings is 1. The molecule has 5 nitrogen and oxygen atoms in total. The maximum Gasteiger partial charge on any atom is 0.126 e. The smallest absolute Gasteiger partial charge is 0.126 e. The summed E-state index contributed by atoms with van der Waals surface area (Å²) in [5.41, 5.74) is 8.67. The van der Waals surface area contributed by atoms with Gasteiger partial charge in [0.1, 0.15) is 5.82 Å². The minimum absolute atomic E-state index is 0.685. The van der Waals surface area contributed by atoms with Crippen LogP contribution in [0.15, 0.2) is 24.5 Å². The summed E-state index contributed by atoms with van der Waals surface area (Å²) in [7, 11) is 0. The van der Waals surface area contributed by atoms with Crippen molar-refractivity contribution in [2.24, 2.45) is 0 Å². The van der Waals surface area contributed by atoms with Crippen LogP contribution in [0.4, 0.5) is 11.5 Å². The molecular weight excluding hydrogens is 214 g/mol. The molecule has 0 saturated carbocycles. The maximum absolute atomic E-state index is 5.56. The van der Waals surface area contributed by atoms with Gasteiger partial charge in [-0.2, -0.15) is 5.10 Å². The lowest BCUT2D eigenvalue weighted by molar-refractivity contribution is 0.853. The van der Waals surface area contributed by atoms with Crippen molar-refractivity contribution >= 4 is 11.5 Å². The largest absolute Gasteiger partial charge is 0.397 e. The van der Waals surface area contributed by atoms with Crippen molar-refractivity contribution in [3.63, 3.8) is 0 Å². The predicted molar refractivity (Wildman–Crippen MR) is 68.8 cm³/mol. The molecule has 0 unspecified atom stereocenters. The van der Waals surface area contributed by atoms with Crippen LogP contribution in [0.5, 0.6) is 0 Å². The highest BCUT2D eigenvalue weighted by Gasteiger charge is 1.99. The van der Waals surface area contributed by atoms with E-state index in [1.165, 1.54) is 5.56 Å². The molecule has 0 amide bonds. The Balaban J connectivity index is 1.73. The molecule has 0 fully saturated rings. The van der Waals surface area contributed by atoms with E-state index in [0.717, 1.165) is 30.9 Å². The number of rotatable bonds is 5. The minimum Gasteiger partial charge on any atom is -0.397 e. The first kappa shape index (κ1) is 11.4. The van der Waals surface area contributed by atoms with Gasteiger partial charge in [-0.05, 0) is 37.5 Å². The van der Waals surface area contributed by atoms with E-state index in [2.05, 4.69) is 20.5 Å². The molecule has 5 heteroatoms. The van der Waals surface area contributed by atoms with Gasteiger partial charge in [-0.1, -0.05) is 0 Å². The van der Waals surface area contributed by atoms with E-state index < -0.39 is 0 Å². The van der Waals surface area contributed by atoms with Gasteiger partial charge >= 0.3 is 0 Å². The average molecular weight is 231 g/mol. The van der Waals surface area contributed by atoms with Crippen molar-refractivity contribution in [3.8, 4) is 0 Å². The molecule has 0 radical (unpaired) electrons. The van der Waals surface area contributed by atoms with E-state index in [4.69, 9.17) is 5.73 Å². The lowest BCUT2D eigenvalue weighted by Gasteiger charge is -2.05. The summed E-state index contributed by atoms with van der Waals surface area (Å²) in [4.78, 5) is 4.18. The highest BCUT2D eigenvalue weighted by Crippen LogP contribution is 2.08. The van der Waals surface area contributed by atoms with Gasteiger partial charge < -0.3 is 11.1 Å². The fraction of sp³-hybridized carbons (Fsp3) is 0.333. The van der Waals surface area contributed by atoms with Gasteiger partial charge in [0.25, 0.3) is 0 Å². The number of hydrogen-bond acceptors (Lipinski definition) is 4. The molecule has 0 atom stereocenters. The molecule has 90 valence electrons. The van der Waals surface area contributed by atoms with E-state index in [-0.39, 0.29) is 0 Å². The number of hydrogen-bond donors (Lipinski definition) is 3. The molecule has 2 aromatic rings. The molecule has 0 saturated heterocycles. The highest BCUT2D eigenvalue weighted by molar-refractivity contribution is 5.43. The molecule has 0 spiro atoms. The third-order valence-electron chi connectivity index (χ3n) is 2.65. The summed E-state index contributed by atoms with van der Waals surface area (Å²) < 4.78 is 0. The summed E-state index contributed by atoms with van der Waals surface area (Å²) in [6, 6.07) is 3.73. The average Bonchev–Trinajstić information content (AvgIpc) is 2.73. The molecule has 17 heavy (non-hydrogen) atoms. The third kappa shape index (κ3) is 3.21. The molecule has 4 N–H and O–H groups in total. The van der Waals surface area contributed by atoms with Gasteiger partial charge in [-0.25, -0.2) is 4.98 Å². The van der Waals surface area contributed by atoms with Crippen LogP contribution >= 0.6 is 0 Å². The fourth-order valence-corrected chi connectivity index (χ4v) is 1.63. The van der Waals surface area contributed by atoms with Crippen molar-refractivity contribution in [1.82, 2.24) is 15.2 Å². The molecule has 0 aliphatic rings. The van der Waals surface area contributed by atoms with Gasteiger partial charge in [-0.3, -0.25) is 5.10 Å². The van der Waals surface area contributed by atoms with E-state index in [1.54, 1.807) is 6.20 Å². The number of nitrogens with one attached hydrogen (secondary N) is 2. The monoisotopic (exact) mass is 231 g/mol. The van der Waals surface area contributed by atoms with Crippen LogP contribution in [0.1, 0.15) is 17.7 Å². The molecule has 2 aromatic heterocycles. The van der Waals surface area contributed by atoms with Crippen molar-refractivity contribution in [2.75, 3.05) is 17.6 Å². The number of nitrogens with two attached hydrogens (primary N) is 1. The molecule has 0 aliphatic carbocycles. The summed E-state index contributed by atoms with van der Waals surface area (Å²) in [6.45, 7) is 2.93. The summed E-state index contributed by atoms with van der Waals surface area (Å²) in [5.74, 6) is 0.864. The van der Waals surface area contributed by atoms with Crippen LogP contribution in [0.3, 0.4) is 0 Å². The SMILES string of the molecule is Cc1[nH]ncc1CCCNc1ccc(N)cn1. The normalized spacial score (nSPS) is 10.4. The van der Waals surface area contributed by atoms with E-state index >= 15 is 0 Å². The first-order valence-electron chi connectivity index (χ1n) is 5.70. The quantitative estimate of drug-likeness (QED) is 0.685. The lowest BCUT2D eigenvalue weighted by Crippen LogP contribution is -2.04. The van der Waals surface area contributed by atoms with E-state index in [1.807, 2.05) is 25.3 Å². The molecule has 0 aliphatic heterocycles. The molecular formula is C12H17N5. The Hall–Kier alpha value is -2.04. The van der Waals surface area contributed by atoms with Crippen molar-refractivity contribution in [3.05, 3.63) is 35.8 Å². The van der Waals surface area contributed by atoms with E-state index in [0.29, 0.717) is 5.69 Å². The molecule has 2 heterocycles. The Bertz CT molecular complexity index is 460. The Kier molecular flexibility index (Phi) is 3.59. The summed E-state index contributed by atoms with van der Waals surface area (Å²) >= 11 is 0. The topological polar surface area (TPSA) is 79.6 Å². The zero-order valence-electron chi connectivity index (χ0n) is 9.90. The summed E-state index contributed by atoms with van der Waals surface area (Å²) in [6.07, 6.45) is 5.61. The first-order chi connectivity index (χ1) is 8.25. The second-order valence-electron chi connectivity index (χ2n) is 4.03. The zero-order valence-corrected chi connectivity index (χ0v) is 9.90. The Labute approximate surface area is 100 Å². The highest BCUT2D eigenvalue weighted by atomic mass is 15.1. The maximum atomic E-state index is 5.56. The van der Waals surface area contributed by atoms with Crippen molar-refractivity contribution < 1.29 is 0 Å². The van der Waals surface area contributed by atoms with Crippen LogP contribution in [-0.4, -0.2) is 21.7 Å². The van der Waals surface area contributed by atoms with Crippen LogP contribution in [0.2, 0.25) is 0 Å². The number of nitrogen functional groups attached to an aromatic ring is 1. The van der Waals surface area contributed by atoms with Crippen LogP contribution in [-0.2, 0) is 6.42 Å². The Morgan fingerprint density at radius 3 is 2.88 bits per heavy atom. The van der Waals surface area contributed by atoms with Crippen molar-refractivity contribution in [1.29, 1.82) is 0 Å². The van der Waals surface area contributed by atoms with Gasteiger partial charge in [0.15, 0.2) is 0 Å². The second kappa shape index (κ2) is 5.34. The van der Waals surface area contributed by atoms with Gasteiger partial charge in [0.05, 0.1) is 18.1 Å². The standard InChI is InChI=1S/C12H17N5/c1-9-10(7-16-17-9)3-2-6-14-12-5-4-11(13)8-15-12/h4-5,7-8H,2-3,6,13H2,1H3,(H,14,15)(H,16,17). The van der Waals surface area contributed by atoms with E-state index in [9.17, 15) is 0 Å². The Morgan fingerprint density at radius 1 is 1.35 bits per heavy atom. The third-order valence-corrected chi connectivity index (χ3v) is 2.65.